The van der Waals surface area contributed by atoms with E-state index < -0.39 is 0 Å². The van der Waals surface area contributed by atoms with Crippen molar-refractivity contribution in [3.8, 4) is 11.5 Å². The Morgan fingerprint density at radius 1 is 1.14 bits per heavy atom. The van der Waals surface area contributed by atoms with Gasteiger partial charge in [0.05, 0.1) is 13.7 Å². The van der Waals surface area contributed by atoms with E-state index >= 15 is 0 Å². The third-order valence-electron chi connectivity index (χ3n) is 2.78. The summed E-state index contributed by atoms with van der Waals surface area (Å²) in [4.78, 5) is 11.9. The Labute approximate surface area is 122 Å². The van der Waals surface area contributed by atoms with E-state index in [0.29, 0.717) is 23.6 Å². The van der Waals surface area contributed by atoms with Crippen LogP contribution in [0, 0.1) is 5.82 Å². The topological polar surface area (TPSA) is 47.6 Å². The smallest absolute Gasteiger partial charge is 0.251 e. The molecule has 2 aromatic rings. The molecule has 0 spiro atoms. The van der Waals surface area contributed by atoms with E-state index in [9.17, 15) is 9.18 Å². The van der Waals surface area contributed by atoms with Crippen LogP contribution in [0.1, 0.15) is 10.4 Å². The summed E-state index contributed by atoms with van der Waals surface area (Å²) in [6.45, 7) is 0.589. The monoisotopic (exact) mass is 289 g/mol. The Hall–Kier alpha value is -2.56. The molecule has 2 rings (SSSR count). The maximum absolute atomic E-state index is 12.9. The Morgan fingerprint density at radius 2 is 1.90 bits per heavy atom. The molecule has 0 heterocycles. The summed E-state index contributed by atoms with van der Waals surface area (Å²) < 4.78 is 23.3. The van der Waals surface area contributed by atoms with Crippen LogP contribution in [0.5, 0.6) is 11.5 Å². The molecule has 1 amide bonds. The minimum Gasteiger partial charge on any atom is -0.497 e. The second-order valence-electron chi connectivity index (χ2n) is 4.29. The van der Waals surface area contributed by atoms with Crippen LogP contribution < -0.4 is 14.8 Å². The number of methoxy groups -OCH3 is 1. The second-order valence-corrected chi connectivity index (χ2v) is 4.29. The van der Waals surface area contributed by atoms with Crippen molar-refractivity contribution in [2.24, 2.45) is 0 Å². The normalized spacial score (nSPS) is 10.0. The van der Waals surface area contributed by atoms with Gasteiger partial charge in [-0.1, -0.05) is 12.1 Å². The molecule has 0 aromatic heterocycles. The van der Waals surface area contributed by atoms with E-state index in [1.165, 1.54) is 12.1 Å². The van der Waals surface area contributed by atoms with Crippen LogP contribution in [0.25, 0.3) is 0 Å². The van der Waals surface area contributed by atoms with Gasteiger partial charge >= 0.3 is 0 Å². The number of carbonyl (C=O) groups excluding carboxylic acids is 1. The number of hydrogen-bond acceptors (Lipinski definition) is 3. The van der Waals surface area contributed by atoms with Gasteiger partial charge in [-0.2, -0.15) is 0 Å². The molecule has 5 heteroatoms. The first-order valence-corrected chi connectivity index (χ1v) is 6.49. The first kappa shape index (κ1) is 14.8. The lowest BCUT2D eigenvalue weighted by atomic mass is 10.2. The minimum atomic E-state index is -0.354. The molecule has 0 radical (unpaired) electrons. The number of amides is 1. The molecule has 2 aromatic carbocycles. The van der Waals surface area contributed by atoms with Gasteiger partial charge in [-0.3, -0.25) is 4.79 Å². The molecule has 0 unspecified atom stereocenters. The lowest BCUT2D eigenvalue weighted by molar-refractivity contribution is 0.0946. The van der Waals surface area contributed by atoms with Crippen LogP contribution in [0.15, 0.2) is 48.5 Å². The Bertz CT molecular complexity index is 616. The maximum atomic E-state index is 12.9. The van der Waals surface area contributed by atoms with Gasteiger partial charge in [0.25, 0.3) is 5.91 Å². The van der Waals surface area contributed by atoms with Crippen molar-refractivity contribution >= 4 is 5.91 Å². The van der Waals surface area contributed by atoms with Gasteiger partial charge in [0.1, 0.15) is 23.9 Å². The van der Waals surface area contributed by atoms with Crippen molar-refractivity contribution in [3.05, 3.63) is 59.9 Å². The zero-order valence-corrected chi connectivity index (χ0v) is 11.6. The van der Waals surface area contributed by atoms with Crippen LogP contribution in [-0.2, 0) is 0 Å². The number of rotatable bonds is 6. The molecule has 0 bridgehead atoms. The SMILES string of the molecule is COc1cccc(C(=O)NCCOc2cccc(F)c2)c1. The zero-order valence-electron chi connectivity index (χ0n) is 11.6. The van der Waals surface area contributed by atoms with Crippen molar-refractivity contribution < 1.29 is 18.7 Å². The lowest BCUT2D eigenvalue weighted by Gasteiger charge is -2.08. The first-order valence-electron chi connectivity index (χ1n) is 6.49. The van der Waals surface area contributed by atoms with Crippen LogP contribution in [0.4, 0.5) is 4.39 Å². The Morgan fingerprint density at radius 3 is 2.67 bits per heavy atom. The van der Waals surface area contributed by atoms with Gasteiger partial charge in [0, 0.05) is 11.6 Å². The van der Waals surface area contributed by atoms with Crippen molar-refractivity contribution in [1.29, 1.82) is 0 Å². The molecule has 0 aliphatic rings. The van der Waals surface area contributed by atoms with Crippen LogP contribution in [-0.4, -0.2) is 26.2 Å². The van der Waals surface area contributed by atoms with Crippen LogP contribution in [0.2, 0.25) is 0 Å². The van der Waals surface area contributed by atoms with E-state index in [1.807, 2.05) is 0 Å². The standard InChI is InChI=1S/C16H16FNO3/c1-20-14-6-2-4-12(10-14)16(19)18-8-9-21-15-7-3-5-13(17)11-15/h2-7,10-11H,8-9H2,1H3,(H,18,19). The quantitative estimate of drug-likeness (QED) is 0.832. The van der Waals surface area contributed by atoms with Crippen molar-refractivity contribution in [2.45, 2.75) is 0 Å². The van der Waals surface area contributed by atoms with Crippen LogP contribution in [0.3, 0.4) is 0 Å². The third-order valence-corrected chi connectivity index (χ3v) is 2.78. The maximum Gasteiger partial charge on any atom is 0.251 e. The summed E-state index contributed by atoms with van der Waals surface area (Å²) in [5.41, 5.74) is 0.514. The fraction of sp³-hybridized carbons (Fsp3) is 0.188. The average molecular weight is 289 g/mol. The second kappa shape index (κ2) is 7.28. The lowest BCUT2D eigenvalue weighted by Crippen LogP contribution is -2.28. The molecule has 0 aliphatic heterocycles. The highest BCUT2D eigenvalue weighted by molar-refractivity contribution is 5.94. The van der Waals surface area contributed by atoms with Gasteiger partial charge in [0.2, 0.25) is 0 Å². The molecule has 0 aliphatic carbocycles. The molecule has 0 atom stereocenters. The zero-order chi connectivity index (χ0) is 15.1. The summed E-state index contributed by atoms with van der Waals surface area (Å²) in [5.74, 6) is 0.494. The number of carbonyl (C=O) groups is 1. The number of benzene rings is 2. The predicted octanol–water partition coefficient (Wildman–Crippen LogP) is 2.64. The molecular formula is C16H16FNO3. The fourth-order valence-electron chi connectivity index (χ4n) is 1.76. The molecule has 0 saturated heterocycles. The number of nitrogens with one attached hydrogen (secondary N) is 1. The van der Waals surface area contributed by atoms with Crippen molar-refractivity contribution in [2.75, 3.05) is 20.3 Å². The molecule has 0 fully saturated rings. The highest BCUT2D eigenvalue weighted by Crippen LogP contribution is 2.13. The predicted molar refractivity (Wildman–Crippen MR) is 77.2 cm³/mol. The van der Waals surface area contributed by atoms with Gasteiger partial charge < -0.3 is 14.8 Å². The summed E-state index contributed by atoms with van der Waals surface area (Å²) in [7, 11) is 1.55. The van der Waals surface area contributed by atoms with Gasteiger partial charge in [-0.25, -0.2) is 4.39 Å². The van der Waals surface area contributed by atoms with Gasteiger partial charge in [0.15, 0.2) is 0 Å². The molecular weight excluding hydrogens is 273 g/mol. The molecule has 1 N–H and O–H groups in total. The molecule has 21 heavy (non-hydrogen) atoms. The number of ether oxygens (including phenoxy) is 2. The van der Waals surface area contributed by atoms with E-state index in [2.05, 4.69) is 5.32 Å². The van der Waals surface area contributed by atoms with Gasteiger partial charge in [-0.15, -0.1) is 0 Å². The fourth-order valence-corrected chi connectivity index (χ4v) is 1.76. The van der Waals surface area contributed by atoms with E-state index in [1.54, 1.807) is 43.5 Å². The molecule has 4 nitrogen and oxygen atoms in total. The first-order chi connectivity index (χ1) is 10.2. The number of hydrogen-bond donors (Lipinski definition) is 1. The third kappa shape index (κ3) is 4.49. The highest BCUT2D eigenvalue weighted by Gasteiger charge is 2.05. The molecule has 0 saturated carbocycles. The summed E-state index contributed by atoms with van der Waals surface area (Å²) >= 11 is 0. The summed E-state index contributed by atoms with van der Waals surface area (Å²) in [5, 5.41) is 2.72. The largest absolute Gasteiger partial charge is 0.497 e. The van der Waals surface area contributed by atoms with Gasteiger partial charge in [-0.05, 0) is 30.3 Å². The van der Waals surface area contributed by atoms with Crippen molar-refractivity contribution in [3.63, 3.8) is 0 Å². The van der Waals surface area contributed by atoms with Crippen LogP contribution >= 0.6 is 0 Å². The summed E-state index contributed by atoms with van der Waals surface area (Å²) in [6.07, 6.45) is 0. The Kier molecular flexibility index (Phi) is 5.15. The van der Waals surface area contributed by atoms with E-state index in [-0.39, 0.29) is 18.3 Å². The summed E-state index contributed by atoms with van der Waals surface area (Å²) in [6, 6.07) is 12.7. The van der Waals surface area contributed by atoms with E-state index in [4.69, 9.17) is 9.47 Å². The van der Waals surface area contributed by atoms with Crippen molar-refractivity contribution in [1.82, 2.24) is 5.32 Å². The van der Waals surface area contributed by atoms with E-state index in [0.717, 1.165) is 0 Å². The number of halogens is 1. The Balaban J connectivity index is 1.79. The average Bonchev–Trinajstić information content (AvgIpc) is 2.51. The highest BCUT2D eigenvalue weighted by atomic mass is 19.1. The molecule has 110 valence electrons. The minimum absolute atomic E-state index is 0.211.